The van der Waals surface area contributed by atoms with E-state index in [0.29, 0.717) is 6.54 Å². The maximum absolute atomic E-state index is 12.5. The molecule has 0 aliphatic rings. The van der Waals surface area contributed by atoms with Crippen LogP contribution >= 0.6 is 11.3 Å². The van der Waals surface area contributed by atoms with E-state index in [1.165, 1.54) is 10.1 Å². The fourth-order valence-corrected chi connectivity index (χ4v) is 3.61. The lowest BCUT2D eigenvalue weighted by atomic mass is 10.1. The molecular weight excluding hydrogens is 282 g/mol. The van der Waals surface area contributed by atoms with E-state index in [1.54, 1.807) is 17.6 Å². The van der Waals surface area contributed by atoms with Crippen LogP contribution in [0.5, 0.6) is 0 Å². The van der Waals surface area contributed by atoms with Gasteiger partial charge in [0.1, 0.15) is 5.76 Å². The Labute approximate surface area is 127 Å². The summed E-state index contributed by atoms with van der Waals surface area (Å²) in [6.45, 7) is 2.56. The zero-order valence-electron chi connectivity index (χ0n) is 11.9. The van der Waals surface area contributed by atoms with Crippen molar-refractivity contribution >= 4 is 27.3 Å². The summed E-state index contributed by atoms with van der Waals surface area (Å²) in [5.41, 5.74) is 1.16. The smallest absolute Gasteiger partial charge is 0.262 e. The third-order valence-corrected chi connectivity index (χ3v) is 4.62. The molecule has 3 nitrogen and oxygen atoms in total. The second-order valence-electron chi connectivity index (χ2n) is 4.92. The molecular formula is C17H17NO2S. The molecule has 1 aromatic carbocycles. The molecule has 4 heteroatoms. The van der Waals surface area contributed by atoms with E-state index >= 15 is 0 Å². The number of hydrogen-bond donors (Lipinski definition) is 1. The Balaban J connectivity index is 1.87. The van der Waals surface area contributed by atoms with Crippen LogP contribution < -0.4 is 5.32 Å². The Bertz CT molecular complexity index is 743. The monoisotopic (exact) mass is 299 g/mol. The average Bonchev–Trinajstić information content (AvgIpc) is 3.13. The van der Waals surface area contributed by atoms with E-state index in [0.717, 1.165) is 29.0 Å². The Morgan fingerprint density at radius 3 is 2.86 bits per heavy atom. The topological polar surface area (TPSA) is 42.2 Å². The van der Waals surface area contributed by atoms with Gasteiger partial charge in [-0.3, -0.25) is 4.79 Å². The van der Waals surface area contributed by atoms with Crippen LogP contribution in [-0.4, -0.2) is 5.91 Å². The van der Waals surface area contributed by atoms with Crippen molar-refractivity contribution in [2.24, 2.45) is 0 Å². The maximum Gasteiger partial charge on any atom is 0.262 e. The molecule has 0 saturated heterocycles. The second-order valence-corrected chi connectivity index (χ2v) is 5.97. The van der Waals surface area contributed by atoms with Crippen LogP contribution in [0.1, 0.15) is 34.3 Å². The molecule has 0 aliphatic carbocycles. The lowest BCUT2D eigenvalue weighted by molar-refractivity contribution is 0.0951. The number of carbonyl (C=O) groups excluding carboxylic acids is 1. The van der Waals surface area contributed by atoms with Crippen LogP contribution in [-0.2, 0) is 13.0 Å². The van der Waals surface area contributed by atoms with Crippen LogP contribution in [0.15, 0.2) is 47.1 Å². The summed E-state index contributed by atoms with van der Waals surface area (Å²) in [6, 6.07) is 11.9. The lowest BCUT2D eigenvalue weighted by Gasteiger charge is -2.04. The third kappa shape index (κ3) is 2.85. The number of nitrogens with one attached hydrogen (secondary N) is 1. The highest BCUT2D eigenvalue weighted by molar-refractivity contribution is 7.21. The van der Waals surface area contributed by atoms with Crippen molar-refractivity contribution in [3.8, 4) is 0 Å². The summed E-state index contributed by atoms with van der Waals surface area (Å²) in [5.74, 6) is 0.748. The molecule has 108 valence electrons. The Morgan fingerprint density at radius 2 is 2.10 bits per heavy atom. The second kappa shape index (κ2) is 6.14. The first-order chi connectivity index (χ1) is 10.3. The Hall–Kier alpha value is -2.07. The quantitative estimate of drug-likeness (QED) is 0.760. The molecule has 3 rings (SSSR count). The van der Waals surface area contributed by atoms with Gasteiger partial charge in [-0.15, -0.1) is 11.3 Å². The standard InChI is InChI=1S/C17H17NO2S/c1-2-6-14-13-8-3-4-9-15(13)21-16(14)17(19)18-11-12-7-5-10-20-12/h3-5,7-10H,2,6,11H2,1H3,(H,18,19). The summed E-state index contributed by atoms with van der Waals surface area (Å²) in [5, 5.41) is 4.14. The summed E-state index contributed by atoms with van der Waals surface area (Å²) in [6.07, 6.45) is 3.57. The molecule has 0 fully saturated rings. The molecule has 2 aromatic heterocycles. The molecule has 0 atom stereocenters. The van der Waals surface area contributed by atoms with E-state index in [1.807, 2.05) is 24.3 Å². The molecule has 0 aliphatic heterocycles. The average molecular weight is 299 g/mol. The van der Waals surface area contributed by atoms with Gasteiger partial charge in [0, 0.05) is 4.70 Å². The SMILES string of the molecule is CCCc1c(C(=O)NCc2ccco2)sc2ccccc12. The number of carbonyl (C=O) groups is 1. The number of rotatable bonds is 5. The van der Waals surface area contributed by atoms with Gasteiger partial charge in [-0.25, -0.2) is 0 Å². The molecule has 21 heavy (non-hydrogen) atoms. The van der Waals surface area contributed by atoms with Crippen molar-refractivity contribution in [1.82, 2.24) is 5.32 Å². The van der Waals surface area contributed by atoms with Gasteiger partial charge < -0.3 is 9.73 Å². The highest BCUT2D eigenvalue weighted by Crippen LogP contribution is 2.32. The van der Waals surface area contributed by atoms with E-state index < -0.39 is 0 Å². The zero-order chi connectivity index (χ0) is 14.7. The largest absolute Gasteiger partial charge is 0.467 e. The minimum atomic E-state index is -0.0175. The Morgan fingerprint density at radius 1 is 1.24 bits per heavy atom. The van der Waals surface area contributed by atoms with Gasteiger partial charge in [0.2, 0.25) is 0 Å². The number of thiophene rings is 1. The van der Waals surface area contributed by atoms with E-state index in [2.05, 4.69) is 24.4 Å². The van der Waals surface area contributed by atoms with Gasteiger partial charge in [0.25, 0.3) is 5.91 Å². The van der Waals surface area contributed by atoms with E-state index in [9.17, 15) is 4.79 Å². The van der Waals surface area contributed by atoms with E-state index in [4.69, 9.17) is 4.42 Å². The van der Waals surface area contributed by atoms with Crippen LogP contribution in [0.4, 0.5) is 0 Å². The third-order valence-electron chi connectivity index (χ3n) is 3.41. The van der Waals surface area contributed by atoms with Crippen LogP contribution in [0.3, 0.4) is 0 Å². The normalized spacial score (nSPS) is 10.9. The molecule has 3 aromatic rings. The number of hydrogen-bond acceptors (Lipinski definition) is 3. The number of amides is 1. The summed E-state index contributed by atoms with van der Waals surface area (Å²) in [7, 11) is 0. The van der Waals surface area contributed by atoms with Gasteiger partial charge >= 0.3 is 0 Å². The van der Waals surface area contributed by atoms with Crippen molar-refractivity contribution in [3.05, 3.63) is 58.9 Å². The van der Waals surface area contributed by atoms with Crippen LogP contribution in [0, 0.1) is 0 Å². The van der Waals surface area contributed by atoms with Crippen molar-refractivity contribution in [1.29, 1.82) is 0 Å². The maximum atomic E-state index is 12.5. The highest BCUT2D eigenvalue weighted by atomic mass is 32.1. The Kier molecular flexibility index (Phi) is 4.06. The van der Waals surface area contributed by atoms with Gasteiger partial charge in [0.15, 0.2) is 0 Å². The van der Waals surface area contributed by atoms with Gasteiger partial charge in [-0.2, -0.15) is 0 Å². The molecule has 1 amide bonds. The van der Waals surface area contributed by atoms with Gasteiger partial charge in [-0.05, 0) is 35.6 Å². The molecule has 0 unspecified atom stereocenters. The first kappa shape index (κ1) is 13.9. The molecule has 1 N–H and O–H groups in total. The summed E-state index contributed by atoms with van der Waals surface area (Å²) >= 11 is 1.57. The van der Waals surface area contributed by atoms with Crippen molar-refractivity contribution < 1.29 is 9.21 Å². The zero-order valence-corrected chi connectivity index (χ0v) is 12.7. The number of aryl methyl sites for hydroxylation is 1. The molecule has 0 spiro atoms. The molecule has 0 radical (unpaired) electrons. The highest BCUT2D eigenvalue weighted by Gasteiger charge is 2.17. The van der Waals surface area contributed by atoms with Gasteiger partial charge in [-0.1, -0.05) is 31.5 Å². The van der Waals surface area contributed by atoms with E-state index in [-0.39, 0.29) is 5.91 Å². The fraction of sp³-hybridized carbons (Fsp3) is 0.235. The molecule has 0 saturated carbocycles. The predicted octanol–water partition coefficient (Wildman–Crippen LogP) is 4.38. The minimum absolute atomic E-state index is 0.0175. The van der Waals surface area contributed by atoms with Crippen LogP contribution in [0.25, 0.3) is 10.1 Å². The number of benzene rings is 1. The fourth-order valence-electron chi connectivity index (χ4n) is 2.44. The van der Waals surface area contributed by atoms with Crippen molar-refractivity contribution in [3.63, 3.8) is 0 Å². The van der Waals surface area contributed by atoms with Crippen molar-refractivity contribution in [2.75, 3.05) is 0 Å². The molecule has 2 heterocycles. The van der Waals surface area contributed by atoms with Crippen LogP contribution in [0.2, 0.25) is 0 Å². The lowest BCUT2D eigenvalue weighted by Crippen LogP contribution is -2.22. The van der Waals surface area contributed by atoms with Gasteiger partial charge in [0.05, 0.1) is 17.7 Å². The first-order valence-electron chi connectivity index (χ1n) is 7.10. The van der Waals surface area contributed by atoms with Crippen molar-refractivity contribution in [2.45, 2.75) is 26.3 Å². The first-order valence-corrected chi connectivity index (χ1v) is 7.92. The molecule has 0 bridgehead atoms. The summed E-state index contributed by atoms with van der Waals surface area (Å²) < 4.78 is 6.42. The predicted molar refractivity (Wildman–Crippen MR) is 85.7 cm³/mol. The minimum Gasteiger partial charge on any atom is -0.467 e. The number of furan rings is 1. The number of fused-ring (bicyclic) bond motifs is 1. The summed E-state index contributed by atoms with van der Waals surface area (Å²) in [4.78, 5) is 13.3.